The molecule has 0 N–H and O–H groups in total. The molecule has 0 radical (unpaired) electrons. The zero-order chi connectivity index (χ0) is 2.71. The summed E-state index contributed by atoms with van der Waals surface area (Å²) in [5, 5.41) is 0. The monoisotopic (exact) mass is 150 g/mol. The van der Waals surface area contributed by atoms with Crippen LogP contribution in [0.5, 0.6) is 0 Å². The molecule has 4 heteroatoms. The number of hydrogen-bond acceptors (Lipinski definition) is 1. The summed E-state index contributed by atoms with van der Waals surface area (Å²) in [6.45, 7) is 0. The molecule has 20 valence electrons. The van der Waals surface area contributed by atoms with E-state index in [0.29, 0.717) is 0 Å². The van der Waals surface area contributed by atoms with Crippen molar-refractivity contribution in [1.82, 2.24) is 0 Å². The van der Waals surface area contributed by atoms with Gasteiger partial charge in [0.1, 0.15) is 0 Å². The van der Waals surface area contributed by atoms with Crippen molar-refractivity contribution in [1.29, 1.82) is 0 Å². The van der Waals surface area contributed by atoms with Crippen LogP contribution in [-0.4, -0.2) is 67.5 Å². The predicted octanol–water partition coefficient (Wildman–Crippen LogP) is -0.728. The fraction of sp³-hybridized carbons (Fsp3) is 0. The summed E-state index contributed by atoms with van der Waals surface area (Å²) in [6, 6.07) is 0. The fourth-order valence-corrected chi connectivity index (χ4v) is 0. The predicted molar refractivity (Wildman–Crippen MR) is 14.7 cm³/mol. The van der Waals surface area contributed by atoms with Crippen LogP contribution in [0.4, 0.5) is 3.47 Å². The van der Waals surface area contributed by atoms with Crippen LogP contribution in [-0.2, 0) is 3.74 Å². The van der Waals surface area contributed by atoms with Crippen LogP contribution >= 0.6 is 0 Å². The van der Waals surface area contributed by atoms with Crippen LogP contribution in [0.1, 0.15) is 0 Å². The molecule has 0 atom stereocenters. The molecule has 0 aromatic heterocycles. The zero-order valence-electron chi connectivity index (χ0n) is 1.23. The molecule has 0 rings (SSSR count). The molecule has 0 spiro atoms. The number of hydrogen-bond donors (Lipinski definition) is 0. The van der Waals surface area contributed by atoms with Gasteiger partial charge < -0.3 is 0 Å². The Labute approximate surface area is 73.2 Å². The van der Waals surface area contributed by atoms with Crippen LogP contribution in [0, 0.1) is 0 Å². The van der Waals surface area contributed by atoms with Crippen LogP contribution in [0.3, 0.4) is 0 Å². The Balaban J connectivity index is 0. The number of halogens is 1. The van der Waals surface area contributed by atoms with Crippen molar-refractivity contribution in [2.24, 2.45) is 0 Å². The molecule has 1 nitrogen and oxygen atoms in total. The molecule has 0 aliphatic heterocycles. The van der Waals surface area contributed by atoms with Crippen molar-refractivity contribution >= 4 is 67.5 Å². The van der Waals surface area contributed by atoms with Crippen LogP contribution in [0.15, 0.2) is 0 Å². The summed E-state index contributed by atoms with van der Waals surface area (Å²) < 4.78 is 18.2. The van der Waals surface area contributed by atoms with Gasteiger partial charge in [0.15, 0.2) is 0 Å². The molecule has 0 saturated heterocycles. The van der Waals surface area contributed by atoms with E-state index < -0.39 is 16.2 Å². The molecule has 4 heavy (non-hydrogen) atoms. The second-order valence-electron chi connectivity index (χ2n) is 0.0690. The average Bonchev–Trinajstić information content (AvgIpc) is 0.918. The first kappa shape index (κ1) is 9.33. The minimum atomic E-state index is -2.06. The molecule has 0 aromatic rings. The Morgan fingerprint density at radius 3 is 1.75 bits per heavy atom. The van der Waals surface area contributed by atoms with Crippen molar-refractivity contribution in [3.05, 3.63) is 0 Å². The van der Waals surface area contributed by atoms with E-state index >= 15 is 0 Å². The van der Waals surface area contributed by atoms with Crippen LogP contribution in [0.2, 0.25) is 0 Å². The molecule has 0 amide bonds. The molecule has 0 fully saturated rings. The third kappa shape index (κ3) is 9.06. The van der Waals surface area contributed by atoms with E-state index in [0.717, 1.165) is 0 Å². The molecular weight excluding hydrogens is 149 g/mol. The van der Waals surface area contributed by atoms with Crippen molar-refractivity contribution < 1.29 is 7.21 Å². The van der Waals surface area contributed by atoms with E-state index in [4.69, 9.17) is 3.74 Å². The second-order valence-corrected chi connectivity index (χ2v) is 0.359. The molecule has 0 saturated carbocycles. The maximum atomic E-state index is 9.83. The third-order valence-corrected chi connectivity index (χ3v) is 0. The third-order valence-electron chi connectivity index (χ3n) is 0. The van der Waals surface area contributed by atoms with E-state index in [1.165, 1.54) is 0 Å². The summed E-state index contributed by atoms with van der Waals surface area (Å²) in [7, 11) is 0. The van der Waals surface area contributed by atoms with Gasteiger partial charge in [0.2, 0.25) is 0 Å². The molecule has 0 bridgehead atoms. The van der Waals surface area contributed by atoms with Gasteiger partial charge in [-0.25, -0.2) is 0 Å². The molecule has 0 heterocycles. The van der Waals surface area contributed by atoms with Gasteiger partial charge in [0, 0.05) is 0 Å². The van der Waals surface area contributed by atoms with E-state index in [2.05, 4.69) is 0 Å². The SMILES string of the molecule is O=[As]F.[KH]. The first-order valence-corrected chi connectivity index (χ1v) is 1.83. The van der Waals surface area contributed by atoms with E-state index in [1.54, 1.807) is 0 Å². The quantitative estimate of drug-likeness (QED) is 0.416. The normalized spacial score (nSPS) is 5.25. The van der Waals surface area contributed by atoms with Gasteiger partial charge in [-0.1, -0.05) is 0 Å². The van der Waals surface area contributed by atoms with Gasteiger partial charge in [-0.3, -0.25) is 0 Å². The Bertz CT molecular complexity index is 15.5. The summed E-state index contributed by atoms with van der Waals surface area (Å²) in [5.74, 6) is 0. The zero-order valence-corrected chi connectivity index (χ0v) is 3.11. The summed E-state index contributed by atoms with van der Waals surface area (Å²) in [4.78, 5) is 0. The summed E-state index contributed by atoms with van der Waals surface area (Å²) in [6.07, 6.45) is 0. The van der Waals surface area contributed by atoms with Crippen LogP contribution < -0.4 is 0 Å². The van der Waals surface area contributed by atoms with Crippen molar-refractivity contribution in [2.45, 2.75) is 0 Å². The van der Waals surface area contributed by atoms with Crippen molar-refractivity contribution in [2.75, 3.05) is 0 Å². The van der Waals surface area contributed by atoms with Crippen LogP contribution in [0.25, 0.3) is 0 Å². The second kappa shape index (κ2) is 8.87. The molecule has 0 aromatic carbocycles. The fourth-order valence-electron chi connectivity index (χ4n) is 0. The number of rotatable bonds is 0. The van der Waals surface area contributed by atoms with Crippen molar-refractivity contribution in [3.63, 3.8) is 0 Å². The standard InChI is InChI=1S/AsFO.K.H/c2-1-3;;. The van der Waals surface area contributed by atoms with Gasteiger partial charge in [-0.15, -0.1) is 0 Å². The first-order valence-electron chi connectivity index (χ1n) is 0.352. The molecule has 0 aliphatic rings. The summed E-state index contributed by atoms with van der Waals surface area (Å²) >= 11 is -2.06. The van der Waals surface area contributed by atoms with E-state index in [1.807, 2.05) is 0 Å². The average molecular weight is 150 g/mol. The molecule has 0 aliphatic carbocycles. The molecular formula is HAsFKO. The molecule has 0 unspecified atom stereocenters. The maximum absolute atomic E-state index is 9.83. The topological polar surface area (TPSA) is 17.1 Å². The van der Waals surface area contributed by atoms with Gasteiger partial charge in [-0.2, -0.15) is 0 Å². The Hall–Kier alpha value is 1.92. The Morgan fingerprint density at radius 2 is 1.75 bits per heavy atom. The minimum absolute atomic E-state index is 0. The van der Waals surface area contributed by atoms with Gasteiger partial charge in [-0.05, 0) is 0 Å². The van der Waals surface area contributed by atoms with E-state index in [-0.39, 0.29) is 51.4 Å². The van der Waals surface area contributed by atoms with Gasteiger partial charge in [0.05, 0.1) is 0 Å². The van der Waals surface area contributed by atoms with E-state index in [9.17, 15) is 3.47 Å². The van der Waals surface area contributed by atoms with Gasteiger partial charge in [0.25, 0.3) is 0 Å². The Kier molecular flexibility index (Phi) is 20.7. The Morgan fingerprint density at radius 1 is 1.75 bits per heavy atom. The first-order chi connectivity index (χ1) is 1.41. The van der Waals surface area contributed by atoms with Gasteiger partial charge >= 0.3 is 74.8 Å². The van der Waals surface area contributed by atoms with Crippen molar-refractivity contribution in [3.8, 4) is 0 Å². The summed E-state index contributed by atoms with van der Waals surface area (Å²) in [5.41, 5.74) is 0.